The van der Waals surface area contributed by atoms with Gasteiger partial charge in [-0.05, 0) is 44.2 Å². The molecule has 0 aromatic carbocycles. The van der Waals surface area contributed by atoms with Gasteiger partial charge in [-0.15, -0.1) is 0 Å². The first-order valence-corrected chi connectivity index (χ1v) is 8.09. The molecule has 3 nitrogen and oxygen atoms in total. The molecule has 1 N–H and O–H groups in total. The molecule has 0 bridgehead atoms. The van der Waals surface area contributed by atoms with Crippen LogP contribution in [0.15, 0.2) is 12.1 Å². The number of aromatic nitrogens is 1. The van der Waals surface area contributed by atoms with E-state index in [9.17, 15) is 0 Å². The molecule has 0 saturated heterocycles. The minimum atomic E-state index is 0.733. The predicted molar refractivity (Wildman–Crippen MR) is 83.0 cm³/mol. The largest absolute Gasteiger partial charge is 0.477 e. The highest BCUT2D eigenvalue weighted by Gasteiger charge is 2.14. The van der Waals surface area contributed by atoms with Gasteiger partial charge < -0.3 is 10.1 Å². The number of hydrogen-bond acceptors (Lipinski definition) is 3. The van der Waals surface area contributed by atoms with Crippen molar-refractivity contribution in [2.24, 2.45) is 5.92 Å². The second kappa shape index (κ2) is 8.25. The fraction of sp³-hybridized carbons (Fsp3) is 0.706. The summed E-state index contributed by atoms with van der Waals surface area (Å²) in [5.74, 6) is 1.52. The maximum atomic E-state index is 5.88. The molecule has 1 aliphatic carbocycles. The normalized spacial score (nSPS) is 16.3. The van der Waals surface area contributed by atoms with E-state index in [2.05, 4.69) is 30.2 Å². The summed E-state index contributed by atoms with van der Waals surface area (Å²) >= 11 is 0. The third-order valence-corrected chi connectivity index (χ3v) is 4.10. The van der Waals surface area contributed by atoms with Gasteiger partial charge in [-0.25, -0.2) is 4.98 Å². The van der Waals surface area contributed by atoms with Crippen LogP contribution in [0.5, 0.6) is 5.88 Å². The van der Waals surface area contributed by atoms with Crippen molar-refractivity contribution < 1.29 is 4.74 Å². The van der Waals surface area contributed by atoms with E-state index in [0.29, 0.717) is 0 Å². The summed E-state index contributed by atoms with van der Waals surface area (Å²) in [6.07, 6.45) is 7.92. The van der Waals surface area contributed by atoms with Crippen molar-refractivity contribution in [2.45, 2.75) is 58.9 Å². The molecule has 1 saturated carbocycles. The maximum absolute atomic E-state index is 5.88. The SMILES string of the molecule is CCCNCc1ccc(OCC2CCCCC2)nc1C. The number of rotatable bonds is 7. The van der Waals surface area contributed by atoms with Crippen LogP contribution in [-0.4, -0.2) is 18.1 Å². The highest BCUT2D eigenvalue weighted by molar-refractivity contribution is 5.24. The lowest BCUT2D eigenvalue weighted by molar-refractivity contribution is 0.202. The summed E-state index contributed by atoms with van der Waals surface area (Å²) in [4.78, 5) is 4.57. The van der Waals surface area contributed by atoms with Crippen LogP contribution in [0, 0.1) is 12.8 Å². The van der Waals surface area contributed by atoms with Gasteiger partial charge in [-0.1, -0.05) is 32.3 Å². The molecule has 0 aliphatic heterocycles. The van der Waals surface area contributed by atoms with Crippen molar-refractivity contribution in [3.8, 4) is 5.88 Å². The van der Waals surface area contributed by atoms with Gasteiger partial charge in [0.15, 0.2) is 0 Å². The summed E-state index contributed by atoms with van der Waals surface area (Å²) in [5, 5.41) is 3.41. The van der Waals surface area contributed by atoms with Gasteiger partial charge in [0.25, 0.3) is 0 Å². The molecule has 1 aromatic rings. The first-order valence-electron chi connectivity index (χ1n) is 8.09. The van der Waals surface area contributed by atoms with Crippen LogP contribution in [0.3, 0.4) is 0 Å². The topological polar surface area (TPSA) is 34.1 Å². The van der Waals surface area contributed by atoms with Crippen LogP contribution in [-0.2, 0) is 6.54 Å². The average Bonchev–Trinajstić information content (AvgIpc) is 2.48. The molecule has 3 heteroatoms. The summed E-state index contributed by atoms with van der Waals surface area (Å²) < 4.78 is 5.88. The summed E-state index contributed by atoms with van der Waals surface area (Å²) in [6.45, 7) is 7.03. The minimum absolute atomic E-state index is 0.733. The van der Waals surface area contributed by atoms with Crippen LogP contribution >= 0.6 is 0 Å². The molecule has 0 amide bonds. The highest BCUT2D eigenvalue weighted by Crippen LogP contribution is 2.24. The smallest absolute Gasteiger partial charge is 0.213 e. The number of nitrogens with one attached hydrogen (secondary N) is 1. The summed E-state index contributed by atoms with van der Waals surface area (Å²) in [6, 6.07) is 4.15. The van der Waals surface area contributed by atoms with Crippen LogP contribution < -0.4 is 10.1 Å². The molecular weight excluding hydrogens is 248 g/mol. The Morgan fingerprint density at radius 1 is 1.25 bits per heavy atom. The Morgan fingerprint density at radius 3 is 2.75 bits per heavy atom. The van der Waals surface area contributed by atoms with E-state index in [0.717, 1.165) is 43.6 Å². The third kappa shape index (κ3) is 4.78. The number of ether oxygens (including phenoxy) is 1. The van der Waals surface area contributed by atoms with Gasteiger partial charge in [-0.2, -0.15) is 0 Å². The molecular formula is C17H28N2O. The lowest BCUT2D eigenvalue weighted by Crippen LogP contribution is -2.17. The van der Waals surface area contributed by atoms with Gasteiger partial charge in [0.2, 0.25) is 5.88 Å². The lowest BCUT2D eigenvalue weighted by Gasteiger charge is -2.21. The van der Waals surface area contributed by atoms with Gasteiger partial charge in [-0.3, -0.25) is 0 Å². The van der Waals surface area contributed by atoms with Gasteiger partial charge >= 0.3 is 0 Å². The second-order valence-corrected chi connectivity index (χ2v) is 5.89. The quantitative estimate of drug-likeness (QED) is 0.768. The molecule has 1 fully saturated rings. The van der Waals surface area contributed by atoms with Crippen LogP contribution in [0.4, 0.5) is 0 Å². The number of aryl methyl sites for hydroxylation is 1. The Balaban J connectivity index is 1.81. The van der Waals surface area contributed by atoms with Crippen molar-refractivity contribution in [1.82, 2.24) is 10.3 Å². The molecule has 1 heterocycles. The monoisotopic (exact) mass is 276 g/mol. The molecule has 2 rings (SSSR count). The minimum Gasteiger partial charge on any atom is -0.477 e. The van der Waals surface area contributed by atoms with E-state index in [1.54, 1.807) is 0 Å². The van der Waals surface area contributed by atoms with E-state index in [4.69, 9.17) is 4.74 Å². The standard InChI is InChI=1S/C17H28N2O/c1-3-11-18-12-16-9-10-17(19-14(16)2)20-13-15-7-5-4-6-8-15/h9-10,15,18H,3-8,11-13H2,1-2H3. The molecule has 112 valence electrons. The first-order chi connectivity index (χ1) is 9.79. The fourth-order valence-corrected chi connectivity index (χ4v) is 2.79. The number of nitrogens with zero attached hydrogens (tertiary/aromatic N) is 1. The van der Waals surface area contributed by atoms with Gasteiger partial charge in [0.1, 0.15) is 0 Å². The molecule has 0 radical (unpaired) electrons. The van der Waals surface area contributed by atoms with Gasteiger partial charge in [0.05, 0.1) is 6.61 Å². The van der Waals surface area contributed by atoms with Crippen LogP contribution in [0.1, 0.15) is 56.7 Å². The molecule has 0 unspecified atom stereocenters. The average molecular weight is 276 g/mol. The van der Waals surface area contributed by atoms with E-state index in [-0.39, 0.29) is 0 Å². The Labute approximate surface area is 123 Å². The van der Waals surface area contributed by atoms with Crippen molar-refractivity contribution in [1.29, 1.82) is 0 Å². The van der Waals surface area contributed by atoms with E-state index < -0.39 is 0 Å². The fourth-order valence-electron chi connectivity index (χ4n) is 2.79. The first kappa shape index (κ1) is 15.3. The Kier molecular flexibility index (Phi) is 6.31. The number of hydrogen-bond donors (Lipinski definition) is 1. The second-order valence-electron chi connectivity index (χ2n) is 5.89. The molecule has 0 atom stereocenters. The molecule has 1 aliphatic rings. The molecule has 20 heavy (non-hydrogen) atoms. The third-order valence-electron chi connectivity index (χ3n) is 4.10. The highest BCUT2D eigenvalue weighted by atomic mass is 16.5. The van der Waals surface area contributed by atoms with E-state index >= 15 is 0 Å². The van der Waals surface area contributed by atoms with Crippen molar-refractivity contribution in [3.05, 3.63) is 23.4 Å². The van der Waals surface area contributed by atoms with Crippen LogP contribution in [0.2, 0.25) is 0 Å². The molecule has 0 spiro atoms. The summed E-state index contributed by atoms with van der Waals surface area (Å²) in [7, 11) is 0. The number of pyridine rings is 1. The van der Waals surface area contributed by atoms with E-state index in [1.165, 1.54) is 37.7 Å². The van der Waals surface area contributed by atoms with Gasteiger partial charge in [0, 0.05) is 18.3 Å². The molecule has 1 aromatic heterocycles. The Morgan fingerprint density at radius 2 is 2.05 bits per heavy atom. The predicted octanol–water partition coefficient (Wildman–Crippen LogP) is 3.85. The lowest BCUT2D eigenvalue weighted by atomic mass is 9.90. The Bertz CT molecular complexity index is 400. The van der Waals surface area contributed by atoms with Crippen molar-refractivity contribution in [2.75, 3.05) is 13.2 Å². The van der Waals surface area contributed by atoms with Crippen molar-refractivity contribution in [3.63, 3.8) is 0 Å². The maximum Gasteiger partial charge on any atom is 0.213 e. The zero-order chi connectivity index (χ0) is 14.2. The Hall–Kier alpha value is -1.09. The van der Waals surface area contributed by atoms with E-state index in [1.807, 2.05) is 6.07 Å². The van der Waals surface area contributed by atoms with Crippen molar-refractivity contribution >= 4 is 0 Å². The zero-order valence-electron chi connectivity index (χ0n) is 13.0. The zero-order valence-corrected chi connectivity index (χ0v) is 13.0. The summed E-state index contributed by atoms with van der Waals surface area (Å²) in [5.41, 5.74) is 2.35. The van der Waals surface area contributed by atoms with Crippen LogP contribution in [0.25, 0.3) is 0 Å².